The molecule has 0 unspecified atom stereocenters. The Morgan fingerprint density at radius 2 is 1.69 bits per heavy atom. The van der Waals surface area contributed by atoms with Crippen LogP contribution in [0.15, 0.2) is 59.5 Å². The summed E-state index contributed by atoms with van der Waals surface area (Å²) >= 11 is 0. The van der Waals surface area contributed by atoms with Gasteiger partial charge >= 0.3 is 6.18 Å². The van der Waals surface area contributed by atoms with Gasteiger partial charge in [-0.2, -0.15) is 13.2 Å². The molecule has 10 heteroatoms. The normalized spacial score (nSPS) is 12.1. The Labute approximate surface area is 168 Å². The van der Waals surface area contributed by atoms with Crippen LogP contribution in [0.25, 0.3) is 0 Å². The summed E-state index contributed by atoms with van der Waals surface area (Å²) in [6, 6.07) is 11.1. The van der Waals surface area contributed by atoms with Gasteiger partial charge in [0.1, 0.15) is 6.54 Å². The zero-order chi connectivity index (χ0) is 21.7. The summed E-state index contributed by atoms with van der Waals surface area (Å²) in [5.74, 6) is -0.622. The fourth-order valence-electron chi connectivity index (χ4n) is 2.48. The van der Waals surface area contributed by atoms with Crippen molar-refractivity contribution in [2.24, 2.45) is 0 Å². The third-order valence-corrected chi connectivity index (χ3v) is 5.75. The van der Waals surface area contributed by atoms with E-state index >= 15 is 0 Å². The number of alkyl halides is 3. The second-order valence-corrected chi connectivity index (χ2v) is 8.39. The van der Waals surface area contributed by atoms with E-state index in [2.05, 4.69) is 5.32 Å². The molecular weight excluding hydrogens is 407 g/mol. The zero-order valence-electron chi connectivity index (χ0n) is 16.0. The molecule has 6 nitrogen and oxygen atoms in total. The average Bonchev–Trinajstić information content (AvgIpc) is 2.66. The van der Waals surface area contributed by atoms with Crippen molar-refractivity contribution in [3.63, 3.8) is 0 Å². The number of carbonyl (C=O) groups excluding carboxylic acids is 1. The molecule has 1 N–H and O–H groups in total. The molecule has 0 saturated heterocycles. The van der Waals surface area contributed by atoms with Gasteiger partial charge in [0.05, 0.1) is 16.1 Å². The number of likely N-dealkylation sites (N-methyl/N-ethyl adjacent to an activating group) is 1. The molecule has 158 valence electrons. The number of sulfonamides is 1. The van der Waals surface area contributed by atoms with Crippen LogP contribution in [0.5, 0.6) is 0 Å². The molecule has 0 aliphatic heterocycles. The van der Waals surface area contributed by atoms with Crippen molar-refractivity contribution in [1.29, 1.82) is 0 Å². The average molecular weight is 429 g/mol. The molecule has 2 aromatic rings. The van der Waals surface area contributed by atoms with Gasteiger partial charge in [0.25, 0.3) is 10.0 Å². The van der Waals surface area contributed by atoms with Crippen LogP contribution in [0.3, 0.4) is 0 Å². The van der Waals surface area contributed by atoms with Crippen LogP contribution in [-0.2, 0) is 21.0 Å². The highest BCUT2D eigenvalue weighted by molar-refractivity contribution is 7.92. The second-order valence-electron chi connectivity index (χ2n) is 6.53. The minimum absolute atomic E-state index is 0.126. The Bertz CT molecular complexity index is 932. The van der Waals surface area contributed by atoms with Gasteiger partial charge < -0.3 is 10.2 Å². The van der Waals surface area contributed by atoms with E-state index in [9.17, 15) is 26.4 Å². The highest BCUT2D eigenvalue weighted by Gasteiger charge is 2.33. The SMILES string of the molecule is CN(C)CCNC(=O)CN(c1cccc(C(F)(F)F)c1)S(=O)(=O)c1ccccc1. The summed E-state index contributed by atoms with van der Waals surface area (Å²) in [6.45, 7) is 0.153. The fraction of sp³-hybridized carbons (Fsp3) is 0.316. The molecule has 0 aliphatic carbocycles. The first kappa shape index (κ1) is 22.7. The van der Waals surface area contributed by atoms with E-state index in [1.54, 1.807) is 20.2 Å². The van der Waals surface area contributed by atoms with Crippen LogP contribution in [-0.4, -0.2) is 53.0 Å². The molecule has 0 saturated carbocycles. The van der Waals surface area contributed by atoms with Crippen LogP contribution >= 0.6 is 0 Å². The number of halogens is 3. The van der Waals surface area contributed by atoms with Crippen LogP contribution < -0.4 is 9.62 Å². The molecule has 0 fully saturated rings. The number of hydrogen-bond acceptors (Lipinski definition) is 4. The lowest BCUT2D eigenvalue weighted by atomic mass is 10.2. The minimum atomic E-state index is -4.65. The topological polar surface area (TPSA) is 69.7 Å². The first-order chi connectivity index (χ1) is 13.5. The lowest BCUT2D eigenvalue weighted by molar-refractivity contribution is -0.137. The Hall–Kier alpha value is -2.59. The zero-order valence-corrected chi connectivity index (χ0v) is 16.8. The molecule has 2 rings (SSSR count). The molecule has 1 amide bonds. The Balaban J connectivity index is 2.40. The summed E-state index contributed by atoms with van der Waals surface area (Å²) < 4.78 is 66.1. The van der Waals surface area contributed by atoms with Crippen molar-refractivity contribution in [3.05, 3.63) is 60.2 Å². The molecule has 0 bridgehead atoms. The molecule has 29 heavy (non-hydrogen) atoms. The van der Waals surface area contributed by atoms with Crippen molar-refractivity contribution in [2.45, 2.75) is 11.1 Å². The number of anilines is 1. The quantitative estimate of drug-likeness (QED) is 0.700. The third kappa shape index (κ3) is 6.20. The van der Waals surface area contributed by atoms with E-state index in [-0.39, 0.29) is 17.1 Å². The number of nitrogens with one attached hydrogen (secondary N) is 1. The molecule has 0 aromatic heterocycles. The van der Waals surface area contributed by atoms with Crippen molar-refractivity contribution in [3.8, 4) is 0 Å². The van der Waals surface area contributed by atoms with E-state index in [1.165, 1.54) is 30.3 Å². The second kappa shape index (κ2) is 9.27. The molecular formula is C19H22F3N3O3S. The highest BCUT2D eigenvalue weighted by atomic mass is 32.2. The fourth-order valence-corrected chi connectivity index (χ4v) is 3.91. The van der Waals surface area contributed by atoms with E-state index in [1.807, 2.05) is 4.90 Å². The van der Waals surface area contributed by atoms with Crippen LogP contribution in [0.4, 0.5) is 18.9 Å². The monoisotopic (exact) mass is 429 g/mol. The lowest BCUT2D eigenvalue weighted by Gasteiger charge is -2.25. The van der Waals surface area contributed by atoms with Gasteiger partial charge in [0.15, 0.2) is 0 Å². The molecule has 0 aliphatic rings. The highest BCUT2D eigenvalue weighted by Crippen LogP contribution is 2.33. The Morgan fingerprint density at radius 1 is 1.03 bits per heavy atom. The largest absolute Gasteiger partial charge is 0.416 e. The maximum absolute atomic E-state index is 13.1. The number of amides is 1. The minimum Gasteiger partial charge on any atom is -0.353 e. The number of benzene rings is 2. The standard InChI is InChI=1S/C19H22F3N3O3S/c1-24(2)12-11-23-18(26)14-25(29(27,28)17-9-4-3-5-10-17)16-8-6-7-15(13-16)19(20,21)22/h3-10,13H,11-12,14H2,1-2H3,(H,23,26). The van der Waals surface area contributed by atoms with E-state index in [0.29, 0.717) is 16.9 Å². The van der Waals surface area contributed by atoms with Gasteiger partial charge in [0.2, 0.25) is 5.91 Å². The lowest BCUT2D eigenvalue weighted by Crippen LogP contribution is -2.42. The van der Waals surface area contributed by atoms with Crippen molar-refractivity contribution >= 4 is 21.6 Å². The summed E-state index contributed by atoms with van der Waals surface area (Å²) in [4.78, 5) is 14.0. The van der Waals surface area contributed by atoms with Gasteiger partial charge in [-0.05, 0) is 44.4 Å². The van der Waals surface area contributed by atoms with Crippen LogP contribution in [0.2, 0.25) is 0 Å². The molecule has 0 radical (unpaired) electrons. The Morgan fingerprint density at radius 3 is 2.28 bits per heavy atom. The molecule has 0 atom stereocenters. The van der Waals surface area contributed by atoms with Gasteiger partial charge in [-0.15, -0.1) is 0 Å². The number of hydrogen-bond donors (Lipinski definition) is 1. The molecule has 2 aromatic carbocycles. The summed E-state index contributed by atoms with van der Waals surface area (Å²) in [5, 5.41) is 2.57. The van der Waals surface area contributed by atoms with Gasteiger partial charge in [-0.1, -0.05) is 24.3 Å². The number of carbonyl (C=O) groups is 1. The first-order valence-corrected chi connectivity index (χ1v) is 10.1. The Kier molecular flexibility index (Phi) is 7.26. The predicted octanol–water partition coefficient (Wildman–Crippen LogP) is 2.58. The van der Waals surface area contributed by atoms with Crippen LogP contribution in [0.1, 0.15) is 5.56 Å². The maximum Gasteiger partial charge on any atom is 0.416 e. The summed E-state index contributed by atoms with van der Waals surface area (Å²) in [6.07, 6.45) is -4.65. The van der Waals surface area contributed by atoms with E-state index in [0.717, 1.165) is 12.1 Å². The smallest absolute Gasteiger partial charge is 0.353 e. The van der Waals surface area contributed by atoms with Crippen molar-refractivity contribution in [1.82, 2.24) is 10.2 Å². The summed E-state index contributed by atoms with van der Waals surface area (Å²) in [7, 11) is -0.645. The van der Waals surface area contributed by atoms with Crippen molar-refractivity contribution < 1.29 is 26.4 Å². The number of rotatable bonds is 8. The maximum atomic E-state index is 13.1. The summed E-state index contributed by atoms with van der Waals surface area (Å²) in [5.41, 5.74) is -1.25. The third-order valence-electron chi connectivity index (χ3n) is 3.96. The number of nitrogens with zero attached hydrogens (tertiary/aromatic N) is 2. The predicted molar refractivity (Wildman–Crippen MR) is 104 cm³/mol. The van der Waals surface area contributed by atoms with Gasteiger partial charge in [0, 0.05) is 13.1 Å². The van der Waals surface area contributed by atoms with E-state index < -0.39 is 34.2 Å². The molecule has 0 heterocycles. The van der Waals surface area contributed by atoms with Gasteiger partial charge in [-0.3, -0.25) is 9.10 Å². The molecule has 0 spiro atoms. The van der Waals surface area contributed by atoms with Gasteiger partial charge in [-0.25, -0.2) is 8.42 Å². The van der Waals surface area contributed by atoms with E-state index in [4.69, 9.17) is 0 Å². The van der Waals surface area contributed by atoms with Crippen molar-refractivity contribution in [2.75, 3.05) is 38.0 Å². The first-order valence-electron chi connectivity index (χ1n) is 8.68. The van der Waals surface area contributed by atoms with Crippen LogP contribution in [0, 0.1) is 0 Å².